The number of fused-ring (bicyclic) bond motifs is 2. The molecule has 0 unspecified atom stereocenters. The van der Waals surface area contributed by atoms with Gasteiger partial charge in [0.15, 0.2) is 11.6 Å². The highest BCUT2D eigenvalue weighted by atomic mass is 16.3. The topological polar surface area (TPSA) is 54.2 Å². The third-order valence-electron chi connectivity index (χ3n) is 4.76. The van der Waals surface area contributed by atoms with Gasteiger partial charge < -0.3 is 14.6 Å². The largest absolute Gasteiger partial charge is 0.453 e. The molecule has 27 heavy (non-hydrogen) atoms. The fourth-order valence-electron chi connectivity index (χ4n) is 3.31. The first-order valence-electron chi connectivity index (χ1n) is 9.38. The van der Waals surface area contributed by atoms with Crippen LogP contribution in [0, 0.1) is 0 Å². The second-order valence-electron chi connectivity index (χ2n) is 6.77. The van der Waals surface area contributed by atoms with Crippen LogP contribution in [0.2, 0.25) is 0 Å². The lowest BCUT2D eigenvalue weighted by atomic mass is 10.2. The Labute approximate surface area is 159 Å². The fraction of sp³-hybridized carbons (Fsp3) is 0.273. The third kappa shape index (κ3) is 3.64. The number of hydrogen-bond donors (Lipinski definition) is 1. The summed E-state index contributed by atoms with van der Waals surface area (Å²) in [6, 6.07) is 18.1. The van der Waals surface area contributed by atoms with E-state index in [0.29, 0.717) is 11.6 Å². The minimum atomic E-state index is 0.627. The molecule has 0 bridgehead atoms. The van der Waals surface area contributed by atoms with Gasteiger partial charge in [0.2, 0.25) is 0 Å². The highest BCUT2D eigenvalue weighted by Crippen LogP contribution is 2.30. The van der Waals surface area contributed by atoms with Crippen molar-refractivity contribution in [3.8, 4) is 11.6 Å². The smallest absolute Gasteiger partial charge is 0.198 e. The summed E-state index contributed by atoms with van der Waals surface area (Å²) in [5, 5.41) is 5.32. The van der Waals surface area contributed by atoms with Gasteiger partial charge in [0.25, 0.3) is 0 Å². The Kier molecular flexibility index (Phi) is 5.03. The minimum absolute atomic E-state index is 0.627. The average Bonchev–Trinajstić information content (AvgIpc) is 3.14. The summed E-state index contributed by atoms with van der Waals surface area (Å²) in [4.78, 5) is 11.8. The summed E-state index contributed by atoms with van der Waals surface area (Å²) in [7, 11) is 4.08. The molecule has 138 valence electrons. The van der Waals surface area contributed by atoms with Crippen LogP contribution in [0.5, 0.6) is 0 Å². The Hall–Kier alpha value is -2.92. The third-order valence-corrected chi connectivity index (χ3v) is 4.76. The van der Waals surface area contributed by atoms with E-state index in [2.05, 4.69) is 23.3 Å². The van der Waals surface area contributed by atoms with Crippen LogP contribution in [0.3, 0.4) is 0 Å². The first-order valence-corrected chi connectivity index (χ1v) is 9.38. The SMILES string of the molecule is CNCCCCN(C)c1nc(-c2cc3ccccc3o2)nc2ccccc12. The van der Waals surface area contributed by atoms with Crippen LogP contribution in [0.15, 0.2) is 59.0 Å². The lowest BCUT2D eigenvalue weighted by Gasteiger charge is -2.20. The van der Waals surface area contributed by atoms with E-state index < -0.39 is 0 Å². The lowest BCUT2D eigenvalue weighted by molar-refractivity contribution is 0.625. The van der Waals surface area contributed by atoms with E-state index in [0.717, 1.165) is 53.6 Å². The van der Waals surface area contributed by atoms with Crippen LogP contribution < -0.4 is 10.2 Å². The molecule has 1 N–H and O–H groups in total. The van der Waals surface area contributed by atoms with Gasteiger partial charge in [0.05, 0.1) is 5.52 Å². The summed E-state index contributed by atoms with van der Waals surface area (Å²) in [5.41, 5.74) is 1.78. The molecule has 0 amide bonds. The van der Waals surface area contributed by atoms with Crippen molar-refractivity contribution in [1.29, 1.82) is 0 Å². The molecule has 0 saturated heterocycles. The van der Waals surface area contributed by atoms with Gasteiger partial charge in [-0.2, -0.15) is 0 Å². The van der Waals surface area contributed by atoms with Gasteiger partial charge >= 0.3 is 0 Å². The average molecular weight is 360 g/mol. The Balaban J connectivity index is 1.73. The normalized spacial score (nSPS) is 11.3. The van der Waals surface area contributed by atoms with Crippen LogP contribution in [0.4, 0.5) is 5.82 Å². The Morgan fingerprint density at radius 1 is 1.00 bits per heavy atom. The van der Waals surface area contributed by atoms with Crippen molar-refractivity contribution in [2.45, 2.75) is 12.8 Å². The number of hydrogen-bond acceptors (Lipinski definition) is 5. The van der Waals surface area contributed by atoms with Gasteiger partial charge in [0, 0.05) is 24.4 Å². The molecule has 2 aromatic heterocycles. The van der Waals surface area contributed by atoms with Crippen LogP contribution in [0.25, 0.3) is 33.5 Å². The van der Waals surface area contributed by atoms with Gasteiger partial charge in [-0.3, -0.25) is 0 Å². The number of benzene rings is 2. The number of unbranched alkanes of at least 4 members (excludes halogenated alkanes) is 1. The van der Waals surface area contributed by atoms with Crippen LogP contribution in [0.1, 0.15) is 12.8 Å². The maximum atomic E-state index is 6.00. The Morgan fingerprint density at radius 2 is 1.81 bits per heavy atom. The highest BCUT2D eigenvalue weighted by Gasteiger charge is 2.15. The van der Waals surface area contributed by atoms with Crippen molar-refractivity contribution in [1.82, 2.24) is 15.3 Å². The number of nitrogens with zero attached hydrogens (tertiary/aromatic N) is 3. The molecule has 5 heteroatoms. The maximum absolute atomic E-state index is 6.00. The molecule has 5 nitrogen and oxygen atoms in total. The van der Waals surface area contributed by atoms with Crippen molar-refractivity contribution in [3.05, 3.63) is 54.6 Å². The van der Waals surface area contributed by atoms with E-state index in [1.165, 1.54) is 0 Å². The standard InChI is InChI=1S/C22H24N4O/c1-23-13-7-8-14-26(2)22-17-10-4-5-11-18(17)24-21(25-22)20-15-16-9-3-6-12-19(16)27-20/h3-6,9-12,15,23H,7-8,13-14H2,1-2H3. The number of para-hydroxylation sites is 2. The zero-order valence-electron chi connectivity index (χ0n) is 15.8. The van der Waals surface area contributed by atoms with Crippen molar-refractivity contribution in [2.75, 3.05) is 32.1 Å². The van der Waals surface area contributed by atoms with Gasteiger partial charge in [0.1, 0.15) is 11.4 Å². The van der Waals surface area contributed by atoms with Gasteiger partial charge in [-0.05, 0) is 50.7 Å². The summed E-state index contributed by atoms with van der Waals surface area (Å²) >= 11 is 0. The molecule has 0 spiro atoms. The molecule has 0 aliphatic carbocycles. The molecule has 0 saturated carbocycles. The van der Waals surface area contributed by atoms with Gasteiger partial charge in [-0.1, -0.05) is 30.3 Å². The summed E-state index contributed by atoms with van der Waals surface area (Å²) in [6.45, 7) is 1.98. The lowest BCUT2D eigenvalue weighted by Crippen LogP contribution is -2.21. The number of anilines is 1. The van der Waals surface area contributed by atoms with E-state index in [4.69, 9.17) is 14.4 Å². The number of nitrogens with one attached hydrogen (secondary N) is 1. The molecule has 2 aromatic carbocycles. The van der Waals surface area contributed by atoms with E-state index in [1.54, 1.807) is 0 Å². The molecule has 0 fully saturated rings. The second-order valence-corrected chi connectivity index (χ2v) is 6.77. The van der Waals surface area contributed by atoms with Gasteiger partial charge in [-0.25, -0.2) is 9.97 Å². The molecule has 0 aliphatic heterocycles. The molecule has 0 radical (unpaired) electrons. The minimum Gasteiger partial charge on any atom is -0.453 e. The summed E-state index contributed by atoms with van der Waals surface area (Å²) in [5.74, 6) is 2.27. The predicted molar refractivity (Wildman–Crippen MR) is 111 cm³/mol. The van der Waals surface area contributed by atoms with E-state index in [-0.39, 0.29) is 0 Å². The Morgan fingerprint density at radius 3 is 2.67 bits per heavy atom. The predicted octanol–water partition coefficient (Wildman–Crippen LogP) is 4.48. The number of rotatable bonds is 7. The van der Waals surface area contributed by atoms with E-state index in [9.17, 15) is 0 Å². The van der Waals surface area contributed by atoms with E-state index >= 15 is 0 Å². The molecule has 4 rings (SSSR count). The van der Waals surface area contributed by atoms with E-state index in [1.807, 2.05) is 55.6 Å². The molecular formula is C22H24N4O. The zero-order chi connectivity index (χ0) is 18.6. The van der Waals surface area contributed by atoms with Crippen molar-refractivity contribution >= 4 is 27.7 Å². The van der Waals surface area contributed by atoms with Crippen molar-refractivity contribution in [3.63, 3.8) is 0 Å². The monoisotopic (exact) mass is 360 g/mol. The molecule has 0 atom stereocenters. The molecular weight excluding hydrogens is 336 g/mol. The Bertz CT molecular complexity index is 1020. The first-order chi connectivity index (χ1) is 13.3. The maximum Gasteiger partial charge on any atom is 0.198 e. The van der Waals surface area contributed by atoms with Crippen molar-refractivity contribution in [2.24, 2.45) is 0 Å². The molecule has 4 aromatic rings. The van der Waals surface area contributed by atoms with Crippen LogP contribution in [-0.4, -0.2) is 37.2 Å². The van der Waals surface area contributed by atoms with Gasteiger partial charge in [-0.15, -0.1) is 0 Å². The zero-order valence-corrected chi connectivity index (χ0v) is 15.8. The summed E-state index contributed by atoms with van der Waals surface area (Å²) in [6.07, 6.45) is 2.25. The quantitative estimate of drug-likeness (QED) is 0.493. The summed E-state index contributed by atoms with van der Waals surface area (Å²) < 4.78 is 6.00. The number of aromatic nitrogens is 2. The van der Waals surface area contributed by atoms with Crippen LogP contribution in [-0.2, 0) is 0 Å². The van der Waals surface area contributed by atoms with Crippen molar-refractivity contribution < 1.29 is 4.42 Å². The molecule has 2 heterocycles. The highest BCUT2D eigenvalue weighted by molar-refractivity contribution is 5.91. The number of furan rings is 1. The second kappa shape index (κ2) is 7.76. The molecule has 0 aliphatic rings. The fourth-order valence-corrected chi connectivity index (χ4v) is 3.31. The first kappa shape index (κ1) is 17.5. The van der Waals surface area contributed by atoms with Crippen LogP contribution >= 0.6 is 0 Å².